The minimum Gasteiger partial charge on any atom is -0.494 e. The molecule has 33 heavy (non-hydrogen) atoms. The van der Waals surface area contributed by atoms with Crippen molar-refractivity contribution in [3.05, 3.63) is 64.2 Å². The van der Waals surface area contributed by atoms with E-state index in [1.54, 1.807) is 37.4 Å². The van der Waals surface area contributed by atoms with Crippen molar-refractivity contribution in [3.8, 4) is 34.2 Å². The Morgan fingerprint density at radius 3 is 2.55 bits per heavy atom. The Hall–Kier alpha value is -3.70. The number of aromatic nitrogens is 2. The van der Waals surface area contributed by atoms with Crippen LogP contribution in [-0.4, -0.2) is 36.3 Å². The number of piperidine rings is 1. The highest BCUT2D eigenvalue weighted by Crippen LogP contribution is 2.31. The number of nitrogens with zero attached hydrogens (tertiary/aromatic N) is 3. The molecule has 1 aromatic heterocycles. The molecule has 0 amide bonds. The molecule has 1 saturated heterocycles. The number of halogens is 1. The second-order valence-corrected chi connectivity index (χ2v) is 8.14. The van der Waals surface area contributed by atoms with Gasteiger partial charge in [-0.25, -0.2) is 9.37 Å². The Bertz CT molecular complexity index is 1240. The van der Waals surface area contributed by atoms with Gasteiger partial charge in [-0.1, -0.05) is 18.2 Å². The van der Waals surface area contributed by atoms with Crippen LogP contribution in [-0.2, 0) is 7.05 Å². The topological polar surface area (TPSA) is 92.0 Å². The largest absolute Gasteiger partial charge is 0.494 e. The summed E-state index contributed by atoms with van der Waals surface area (Å²) in [5.41, 5.74) is 2.01. The lowest BCUT2D eigenvalue weighted by Gasteiger charge is -2.24. The summed E-state index contributed by atoms with van der Waals surface area (Å²) in [6, 6.07) is 13.4. The summed E-state index contributed by atoms with van der Waals surface area (Å²) in [6.45, 7) is 2.68. The first-order valence-corrected chi connectivity index (χ1v) is 10.9. The molecule has 2 heterocycles. The van der Waals surface area contributed by atoms with Crippen LogP contribution < -0.4 is 20.9 Å². The van der Waals surface area contributed by atoms with Crippen LogP contribution in [0.5, 0.6) is 5.75 Å². The molecule has 0 radical (unpaired) electrons. The monoisotopic (exact) mass is 447 g/mol. The highest BCUT2D eigenvalue weighted by molar-refractivity contribution is 5.81. The van der Waals surface area contributed by atoms with Crippen LogP contribution in [0.4, 0.5) is 10.3 Å². The van der Waals surface area contributed by atoms with Crippen molar-refractivity contribution in [1.82, 2.24) is 14.9 Å². The fourth-order valence-electron chi connectivity index (χ4n) is 4.08. The van der Waals surface area contributed by atoms with E-state index in [0.29, 0.717) is 40.8 Å². The molecule has 3 aromatic rings. The molecule has 0 atom stereocenters. The molecular formula is C25H26FN5O2. The van der Waals surface area contributed by atoms with E-state index in [4.69, 9.17) is 15.0 Å². The number of hydrogen-bond acceptors (Lipinski definition) is 6. The number of anilines is 1. The SMILES string of the molecule is COc1ccc(-c2c(-c3ccc(C#N)cc3)nc(NCC3CCNCC3)n(C)c2=O)cc1F. The predicted octanol–water partition coefficient (Wildman–Crippen LogP) is 3.55. The first-order valence-electron chi connectivity index (χ1n) is 10.9. The molecule has 1 fully saturated rings. The minimum absolute atomic E-state index is 0.101. The van der Waals surface area contributed by atoms with Gasteiger partial charge in [-0.15, -0.1) is 0 Å². The molecule has 0 spiro atoms. The molecule has 1 aliphatic rings. The van der Waals surface area contributed by atoms with E-state index in [2.05, 4.69) is 16.7 Å². The van der Waals surface area contributed by atoms with Crippen molar-refractivity contribution in [1.29, 1.82) is 5.26 Å². The van der Waals surface area contributed by atoms with Crippen LogP contribution in [0.2, 0.25) is 0 Å². The number of hydrogen-bond donors (Lipinski definition) is 2. The summed E-state index contributed by atoms with van der Waals surface area (Å²) in [5.74, 6) is 0.493. The number of methoxy groups -OCH3 is 1. The zero-order chi connectivity index (χ0) is 23.4. The van der Waals surface area contributed by atoms with Crippen molar-refractivity contribution in [3.63, 3.8) is 0 Å². The van der Waals surface area contributed by atoms with Gasteiger partial charge in [0.05, 0.1) is 30.0 Å². The molecule has 0 unspecified atom stereocenters. The molecule has 1 aliphatic heterocycles. The van der Waals surface area contributed by atoms with Gasteiger partial charge in [0.15, 0.2) is 11.6 Å². The summed E-state index contributed by atoms with van der Waals surface area (Å²) in [5, 5.41) is 15.8. The van der Waals surface area contributed by atoms with E-state index < -0.39 is 5.82 Å². The number of nitrogens with one attached hydrogen (secondary N) is 2. The maximum absolute atomic E-state index is 14.5. The zero-order valence-electron chi connectivity index (χ0n) is 18.7. The predicted molar refractivity (Wildman–Crippen MR) is 126 cm³/mol. The maximum atomic E-state index is 14.5. The molecule has 2 aromatic carbocycles. The maximum Gasteiger partial charge on any atom is 0.263 e. The van der Waals surface area contributed by atoms with Gasteiger partial charge in [-0.2, -0.15) is 5.26 Å². The molecule has 0 aliphatic carbocycles. The van der Waals surface area contributed by atoms with Crippen molar-refractivity contribution < 1.29 is 9.13 Å². The van der Waals surface area contributed by atoms with Crippen molar-refractivity contribution in [2.24, 2.45) is 13.0 Å². The molecule has 4 rings (SSSR count). The van der Waals surface area contributed by atoms with E-state index in [-0.39, 0.29) is 16.9 Å². The van der Waals surface area contributed by atoms with Gasteiger partial charge in [-0.05, 0) is 61.7 Å². The van der Waals surface area contributed by atoms with Crippen LogP contribution in [0.25, 0.3) is 22.4 Å². The van der Waals surface area contributed by atoms with Crippen molar-refractivity contribution in [2.75, 3.05) is 32.1 Å². The van der Waals surface area contributed by atoms with Gasteiger partial charge in [0.25, 0.3) is 5.56 Å². The lowest BCUT2D eigenvalue weighted by Crippen LogP contribution is -2.32. The van der Waals surface area contributed by atoms with E-state index in [1.807, 2.05) is 0 Å². The first kappa shape index (κ1) is 22.5. The fourth-order valence-corrected chi connectivity index (χ4v) is 4.08. The van der Waals surface area contributed by atoms with Crippen LogP contribution in [0.1, 0.15) is 18.4 Å². The number of nitriles is 1. The second-order valence-electron chi connectivity index (χ2n) is 8.14. The normalized spacial score (nSPS) is 14.0. The average molecular weight is 448 g/mol. The molecule has 8 heteroatoms. The fraction of sp³-hybridized carbons (Fsp3) is 0.320. The third kappa shape index (κ3) is 4.73. The summed E-state index contributed by atoms with van der Waals surface area (Å²) < 4.78 is 21.0. The van der Waals surface area contributed by atoms with E-state index in [1.165, 1.54) is 23.8 Å². The first-order chi connectivity index (χ1) is 16.0. The number of benzene rings is 2. The van der Waals surface area contributed by atoms with Crippen molar-refractivity contribution >= 4 is 5.95 Å². The zero-order valence-corrected chi connectivity index (χ0v) is 18.7. The smallest absolute Gasteiger partial charge is 0.263 e. The van der Waals surface area contributed by atoms with Crippen LogP contribution in [0.3, 0.4) is 0 Å². The number of rotatable bonds is 6. The summed E-state index contributed by atoms with van der Waals surface area (Å²) in [7, 11) is 3.05. The van der Waals surface area contributed by atoms with Crippen molar-refractivity contribution in [2.45, 2.75) is 12.8 Å². The van der Waals surface area contributed by atoms with Crippen LogP contribution in [0.15, 0.2) is 47.3 Å². The second kappa shape index (κ2) is 9.84. The van der Waals surface area contributed by atoms with E-state index >= 15 is 0 Å². The van der Waals surface area contributed by atoms with Gasteiger partial charge < -0.3 is 15.4 Å². The van der Waals surface area contributed by atoms with Gasteiger partial charge in [-0.3, -0.25) is 9.36 Å². The molecule has 7 nitrogen and oxygen atoms in total. The van der Waals surface area contributed by atoms with E-state index in [9.17, 15) is 9.18 Å². The molecule has 0 saturated carbocycles. The minimum atomic E-state index is -0.559. The third-order valence-electron chi connectivity index (χ3n) is 6.03. The van der Waals surface area contributed by atoms with Crippen LogP contribution in [0, 0.1) is 23.1 Å². The standard InChI is InChI=1S/C25H26FN5O2/c1-31-24(32)22(19-7-8-21(33-2)20(26)13-19)23(18-5-3-16(14-27)4-6-18)30-25(31)29-15-17-9-11-28-12-10-17/h3-8,13,17,28H,9-12,15H2,1-2H3,(H,29,30). The molecular weight excluding hydrogens is 421 g/mol. The van der Waals surface area contributed by atoms with E-state index in [0.717, 1.165) is 25.9 Å². The Kier molecular flexibility index (Phi) is 6.71. The highest BCUT2D eigenvalue weighted by atomic mass is 19.1. The van der Waals surface area contributed by atoms with Gasteiger partial charge in [0.2, 0.25) is 5.95 Å². The lowest BCUT2D eigenvalue weighted by atomic mass is 9.98. The Balaban J connectivity index is 1.82. The summed E-state index contributed by atoms with van der Waals surface area (Å²) in [4.78, 5) is 18.3. The Labute approximate surface area is 191 Å². The summed E-state index contributed by atoms with van der Waals surface area (Å²) in [6.07, 6.45) is 2.12. The Morgan fingerprint density at radius 2 is 1.91 bits per heavy atom. The molecule has 170 valence electrons. The lowest BCUT2D eigenvalue weighted by molar-refractivity contribution is 0.386. The summed E-state index contributed by atoms with van der Waals surface area (Å²) >= 11 is 0. The Morgan fingerprint density at radius 1 is 1.21 bits per heavy atom. The van der Waals surface area contributed by atoms with Gasteiger partial charge >= 0.3 is 0 Å². The quantitative estimate of drug-likeness (QED) is 0.601. The number of ether oxygens (including phenoxy) is 1. The van der Waals surface area contributed by atoms with Crippen LogP contribution >= 0.6 is 0 Å². The molecule has 2 N–H and O–H groups in total. The molecule has 0 bridgehead atoms. The third-order valence-corrected chi connectivity index (χ3v) is 6.03. The average Bonchev–Trinajstić information content (AvgIpc) is 2.85. The van der Waals surface area contributed by atoms with Gasteiger partial charge in [0.1, 0.15) is 0 Å². The van der Waals surface area contributed by atoms with Gasteiger partial charge in [0, 0.05) is 19.2 Å². The highest BCUT2D eigenvalue weighted by Gasteiger charge is 2.20.